The van der Waals surface area contributed by atoms with Crippen LogP contribution >= 0.6 is 24.8 Å². The van der Waals surface area contributed by atoms with Crippen molar-refractivity contribution < 1.29 is 14.4 Å². The summed E-state index contributed by atoms with van der Waals surface area (Å²) in [5.74, 6) is 1.16. The smallest absolute Gasteiger partial charge is 0.271 e. The Labute approximate surface area is 200 Å². The number of nitro groups is 1. The molecule has 0 bridgehead atoms. The minimum absolute atomic E-state index is 0. The fourth-order valence-corrected chi connectivity index (χ4v) is 3.81. The maximum Gasteiger partial charge on any atom is 0.271 e. The van der Waals surface area contributed by atoms with Gasteiger partial charge in [-0.25, -0.2) is 4.98 Å². The highest BCUT2D eigenvalue weighted by atomic mass is 35.5. The molecule has 0 saturated carbocycles. The monoisotopic (exact) mass is 484 g/mol. The molecule has 1 atom stereocenters. The molecule has 0 aliphatic carbocycles. The molecule has 0 amide bonds. The fourth-order valence-electron chi connectivity index (χ4n) is 3.81. The van der Waals surface area contributed by atoms with E-state index in [0.29, 0.717) is 22.5 Å². The van der Waals surface area contributed by atoms with E-state index in [-0.39, 0.29) is 36.7 Å². The van der Waals surface area contributed by atoms with Gasteiger partial charge in [0.2, 0.25) is 0 Å². The van der Waals surface area contributed by atoms with Crippen molar-refractivity contribution in [3.8, 4) is 11.5 Å². The maximum atomic E-state index is 11.3. The normalized spacial score (nSPS) is 11.6. The number of methoxy groups -OCH3 is 2. The number of nitrogens with one attached hydrogen (secondary N) is 1. The Morgan fingerprint density at radius 2 is 1.59 bits per heavy atom. The highest BCUT2D eigenvalue weighted by Gasteiger charge is 2.20. The van der Waals surface area contributed by atoms with E-state index in [1.54, 1.807) is 26.4 Å². The van der Waals surface area contributed by atoms with Crippen LogP contribution < -0.4 is 14.8 Å². The highest BCUT2D eigenvalue weighted by molar-refractivity contribution is 6.08. The number of nitrogens with zero attached hydrogens (tertiary/aromatic N) is 3. The van der Waals surface area contributed by atoms with Crippen molar-refractivity contribution in [1.29, 1.82) is 0 Å². The molecule has 3 aromatic rings. The molecule has 1 heterocycles. The number of pyridine rings is 1. The molecule has 0 aliphatic heterocycles. The summed E-state index contributed by atoms with van der Waals surface area (Å²) in [6.07, 6.45) is 1.00. The van der Waals surface area contributed by atoms with Crippen LogP contribution in [0.5, 0.6) is 11.5 Å². The number of fused-ring (bicyclic) bond motifs is 2. The third kappa shape index (κ3) is 5.26. The lowest BCUT2D eigenvalue weighted by Crippen LogP contribution is -2.40. The number of anilines is 1. The molecule has 0 saturated heterocycles. The number of benzene rings is 2. The van der Waals surface area contributed by atoms with Gasteiger partial charge in [0, 0.05) is 29.0 Å². The molecule has 10 heteroatoms. The third-order valence-corrected chi connectivity index (χ3v) is 5.42. The molecule has 1 N–H and O–H groups in total. The summed E-state index contributed by atoms with van der Waals surface area (Å²) in [4.78, 5) is 17.9. The molecule has 0 radical (unpaired) electrons. The van der Waals surface area contributed by atoms with Crippen LogP contribution in [-0.2, 0) is 0 Å². The van der Waals surface area contributed by atoms with Crippen LogP contribution in [0.25, 0.3) is 21.8 Å². The topological polar surface area (TPSA) is 89.8 Å². The Kier molecular flexibility index (Phi) is 10.2. The minimum Gasteiger partial charge on any atom is -0.493 e. The Balaban J connectivity index is 0.00000256. The zero-order valence-corrected chi connectivity index (χ0v) is 20.5. The van der Waals surface area contributed by atoms with E-state index in [9.17, 15) is 10.1 Å². The molecular weight excluding hydrogens is 455 g/mol. The van der Waals surface area contributed by atoms with Gasteiger partial charge < -0.3 is 14.8 Å². The van der Waals surface area contributed by atoms with Gasteiger partial charge in [-0.05, 0) is 31.6 Å². The first kappa shape index (κ1) is 27.5. The van der Waals surface area contributed by atoms with E-state index in [0.717, 1.165) is 36.0 Å². The number of hydrogen-bond acceptors (Lipinski definition) is 7. The predicted molar refractivity (Wildman–Crippen MR) is 134 cm³/mol. The van der Waals surface area contributed by atoms with E-state index in [1.165, 1.54) is 12.1 Å². The summed E-state index contributed by atoms with van der Waals surface area (Å²) in [5, 5.41) is 16.7. The zero-order valence-electron chi connectivity index (χ0n) is 18.9. The van der Waals surface area contributed by atoms with Crippen LogP contribution in [0.2, 0.25) is 0 Å². The SMILES string of the molecule is CCC(Nc1c2ccc([N+](=O)[O-])cc2nc2cc(OC)c(OC)cc12)N(CC)CC.Cl.Cl. The van der Waals surface area contributed by atoms with Gasteiger partial charge in [0.1, 0.15) is 0 Å². The summed E-state index contributed by atoms with van der Waals surface area (Å²) >= 11 is 0. The van der Waals surface area contributed by atoms with Crippen LogP contribution in [0.15, 0.2) is 30.3 Å². The molecule has 1 aromatic heterocycles. The maximum absolute atomic E-state index is 11.3. The van der Waals surface area contributed by atoms with Crippen molar-refractivity contribution in [3.05, 3.63) is 40.4 Å². The van der Waals surface area contributed by atoms with Crippen molar-refractivity contribution in [2.75, 3.05) is 32.6 Å². The number of non-ortho nitro benzene ring substituents is 1. The van der Waals surface area contributed by atoms with Crippen LogP contribution in [0, 0.1) is 10.1 Å². The summed E-state index contributed by atoms with van der Waals surface area (Å²) < 4.78 is 10.9. The Morgan fingerprint density at radius 1 is 1.00 bits per heavy atom. The molecule has 176 valence electrons. The largest absolute Gasteiger partial charge is 0.493 e. The summed E-state index contributed by atoms with van der Waals surface area (Å²) in [5.41, 5.74) is 2.12. The van der Waals surface area contributed by atoms with Crippen molar-refractivity contribution >= 4 is 58.0 Å². The van der Waals surface area contributed by atoms with E-state index in [2.05, 4.69) is 31.0 Å². The third-order valence-electron chi connectivity index (χ3n) is 5.42. The summed E-state index contributed by atoms with van der Waals surface area (Å²) in [6, 6.07) is 8.48. The minimum atomic E-state index is -0.405. The van der Waals surface area contributed by atoms with E-state index in [4.69, 9.17) is 14.5 Å². The Hall–Kier alpha value is -2.55. The molecule has 32 heavy (non-hydrogen) atoms. The zero-order chi connectivity index (χ0) is 21.8. The molecule has 0 aliphatic rings. The van der Waals surface area contributed by atoms with Gasteiger partial charge in [0.15, 0.2) is 11.5 Å². The van der Waals surface area contributed by atoms with Gasteiger partial charge in [0.05, 0.1) is 42.0 Å². The Morgan fingerprint density at radius 3 is 2.12 bits per heavy atom. The molecule has 0 fully saturated rings. The number of ether oxygens (including phenoxy) is 2. The van der Waals surface area contributed by atoms with E-state index < -0.39 is 4.92 Å². The number of nitro benzene ring substituents is 1. The van der Waals surface area contributed by atoms with Crippen LogP contribution in [-0.4, -0.2) is 48.3 Å². The van der Waals surface area contributed by atoms with Crippen molar-refractivity contribution in [3.63, 3.8) is 0 Å². The van der Waals surface area contributed by atoms with Gasteiger partial charge in [-0.15, -0.1) is 24.8 Å². The second kappa shape index (κ2) is 11.9. The van der Waals surface area contributed by atoms with Crippen molar-refractivity contribution in [2.24, 2.45) is 0 Å². The summed E-state index contributed by atoms with van der Waals surface area (Å²) in [6.45, 7) is 8.22. The molecule has 8 nitrogen and oxygen atoms in total. The predicted octanol–water partition coefficient (Wildman–Crippen LogP) is 5.65. The van der Waals surface area contributed by atoms with E-state index >= 15 is 0 Å². The summed E-state index contributed by atoms with van der Waals surface area (Å²) in [7, 11) is 3.17. The average Bonchev–Trinajstić information content (AvgIpc) is 2.77. The fraction of sp³-hybridized carbons (Fsp3) is 0.409. The van der Waals surface area contributed by atoms with Crippen molar-refractivity contribution in [1.82, 2.24) is 9.88 Å². The lowest BCUT2D eigenvalue weighted by molar-refractivity contribution is -0.384. The standard InChI is InChI=1S/C22H28N4O4.2ClH/c1-6-21(25(7-2)8-3)24-22-15-10-9-14(26(27)28)11-17(15)23-18-13-20(30-5)19(29-4)12-16(18)22;;/h9-13,21H,6-8H2,1-5H3,(H,23,24);2*1H. The Bertz CT molecular complexity index is 1080. The quantitative estimate of drug-likeness (QED) is 0.181. The van der Waals surface area contributed by atoms with E-state index in [1.807, 2.05) is 6.07 Å². The first-order valence-corrected chi connectivity index (χ1v) is 10.1. The second-order valence-electron chi connectivity index (χ2n) is 6.96. The number of aromatic nitrogens is 1. The van der Waals surface area contributed by atoms with Crippen LogP contribution in [0.4, 0.5) is 11.4 Å². The van der Waals surface area contributed by atoms with Gasteiger partial charge in [-0.2, -0.15) is 0 Å². The van der Waals surface area contributed by atoms with Gasteiger partial charge in [-0.3, -0.25) is 15.0 Å². The second-order valence-corrected chi connectivity index (χ2v) is 6.96. The number of halogens is 2. The molecule has 2 aromatic carbocycles. The number of hydrogen-bond donors (Lipinski definition) is 1. The average molecular weight is 485 g/mol. The van der Waals surface area contributed by atoms with Gasteiger partial charge in [0.25, 0.3) is 5.69 Å². The van der Waals surface area contributed by atoms with Crippen LogP contribution in [0.1, 0.15) is 27.2 Å². The van der Waals surface area contributed by atoms with Crippen LogP contribution in [0.3, 0.4) is 0 Å². The molecule has 0 spiro atoms. The molecule has 1 unspecified atom stereocenters. The lowest BCUT2D eigenvalue weighted by atomic mass is 10.1. The highest BCUT2D eigenvalue weighted by Crippen LogP contribution is 2.39. The molecular formula is C22H30Cl2N4O4. The van der Waals surface area contributed by atoms with Gasteiger partial charge >= 0.3 is 0 Å². The number of rotatable bonds is 9. The molecule has 3 rings (SSSR count). The first-order chi connectivity index (χ1) is 14.5. The lowest BCUT2D eigenvalue weighted by Gasteiger charge is -2.31. The first-order valence-electron chi connectivity index (χ1n) is 10.1. The van der Waals surface area contributed by atoms with Crippen molar-refractivity contribution in [2.45, 2.75) is 33.4 Å². The van der Waals surface area contributed by atoms with Gasteiger partial charge in [-0.1, -0.05) is 20.8 Å².